The summed E-state index contributed by atoms with van der Waals surface area (Å²) in [7, 11) is 0. The van der Waals surface area contributed by atoms with Crippen molar-refractivity contribution in [3.8, 4) is 0 Å². The van der Waals surface area contributed by atoms with E-state index < -0.39 is 17.1 Å². The van der Waals surface area contributed by atoms with Crippen LogP contribution in [0.5, 0.6) is 0 Å². The van der Waals surface area contributed by atoms with Gasteiger partial charge in [-0.1, -0.05) is 22.0 Å². The van der Waals surface area contributed by atoms with Gasteiger partial charge in [0.1, 0.15) is 0 Å². The van der Waals surface area contributed by atoms with Crippen LogP contribution in [0.2, 0.25) is 0 Å². The van der Waals surface area contributed by atoms with Crippen LogP contribution >= 0.6 is 27.3 Å². The molecule has 0 bridgehead atoms. The van der Waals surface area contributed by atoms with Crippen molar-refractivity contribution in [1.82, 2.24) is 5.32 Å². The zero-order valence-corrected chi connectivity index (χ0v) is 13.2. The fourth-order valence-electron chi connectivity index (χ4n) is 1.84. The van der Waals surface area contributed by atoms with Crippen molar-refractivity contribution in [1.29, 1.82) is 0 Å². The first-order chi connectivity index (χ1) is 9.49. The molecule has 1 aromatic rings. The molecule has 0 fully saturated rings. The monoisotopic (exact) mass is 359 g/mol. The van der Waals surface area contributed by atoms with Gasteiger partial charge in [0, 0.05) is 11.8 Å². The highest BCUT2D eigenvalue weighted by atomic mass is 79.9. The molecule has 1 aliphatic rings. The highest BCUT2D eigenvalue weighted by Crippen LogP contribution is 2.38. The van der Waals surface area contributed by atoms with Gasteiger partial charge in [0.05, 0.1) is 4.88 Å². The number of rotatable bonds is 5. The van der Waals surface area contributed by atoms with Crippen LogP contribution in [-0.4, -0.2) is 22.1 Å². The molecular formula is C13H14BrNO4S. The Morgan fingerprint density at radius 2 is 2.35 bits per heavy atom. The lowest BCUT2D eigenvalue weighted by Gasteiger charge is -2.21. The van der Waals surface area contributed by atoms with Crippen LogP contribution in [-0.2, 0) is 19.9 Å². The van der Waals surface area contributed by atoms with Crippen molar-refractivity contribution in [2.24, 2.45) is 0 Å². The summed E-state index contributed by atoms with van der Waals surface area (Å²) < 4.78 is 5.52. The van der Waals surface area contributed by atoms with Gasteiger partial charge in [-0.25, -0.2) is 0 Å². The highest BCUT2D eigenvalue weighted by Gasteiger charge is 2.48. The van der Waals surface area contributed by atoms with Gasteiger partial charge in [-0.05, 0) is 24.8 Å². The number of ether oxygens (including phenoxy) is 1. The smallest absolute Gasteiger partial charge is 0.251 e. The van der Waals surface area contributed by atoms with Crippen LogP contribution < -0.4 is 5.32 Å². The SMILES string of the molecule is CC1(c2cccs2)OC(NC(=O)CCCBr)=C(O)C1=O. The van der Waals surface area contributed by atoms with Crippen molar-refractivity contribution >= 4 is 39.0 Å². The number of aliphatic hydroxyl groups is 1. The fraction of sp³-hybridized carbons (Fsp3) is 0.385. The first-order valence-corrected chi connectivity index (χ1v) is 8.06. The number of thiophene rings is 1. The van der Waals surface area contributed by atoms with Gasteiger partial charge in [-0.2, -0.15) is 0 Å². The molecule has 108 valence electrons. The summed E-state index contributed by atoms with van der Waals surface area (Å²) in [6, 6.07) is 3.55. The van der Waals surface area contributed by atoms with Crippen LogP contribution in [0.3, 0.4) is 0 Å². The third-order valence-electron chi connectivity index (χ3n) is 2.95. The van der Waals surface area contributed by atoms with E-state index in [4.69, 9.17) is 4.74 Å². The summed E-state index contributed by atoms with van der Waals surface area (Å²) >= 11 is 4.59. The number of carbonyl (C=O) groups excluding carboxylic acids is 2. The maximum atomic E-state index is 12.1. The molecule has 1 atom stereocenters. The number of hydrogen-bond acceptors (Lipinski definition) is 5. The summed E-state index contributed by atoms with van der Waals surface area (Å²) in [4.78, 5) is 24.5. The summed E-state index contributed by atoms with van der Waals surface area (Å²) in [5, 5.41) is 14.8. The number of carbonyl (C=O) groups is 2. The van der Waals surface area contributed by atoms with Gasteiger partial charge in [0.25, 0.3) is 5.78 Å². The lowest BCUT2D eigenvalue weighted by atomic mass is 9.99. The van der Waals surface area contributed by atoms with E-state index >= 15 is 0 Å². The lowest BCUT2D eigenvalue weighted by molar-refractivity contribution is -0.132. The number of amides is 1. The van der Waals surface area contributed by atoms with Gasteiger partial charge >= 0.3 is 0 Å². The zero-order chi connectivity index (χ0) is 14.8. The minimum absolute atomic E-state index is 0.162. The van der Waals surface area contributed by atoms with Crippen LogP contribution in [0.15, 0.2) is 29.2 Å². The molecule has 0 aliphatic carbocycles. The van der Waals surface area contributed by atoms with E-state index in [9.17, 15) is 14.7 Å². The Bertz CT molecular complexity index is 555. The maximum absolute atomic E-state index is 12.1. The average molecular weight is 360 g/mol. The molecular weight excluding hydrogens is 346 g/mol. The Morgan fingerprint density at radius 1 is 1.60 bits per heavy atom. The fourth-order valence-corrected chi connectivity index (χ4v) is 2.94. The quantitative estimate of drug-likeness (QED) is 0.792. The van der Waals surface area contributed by atoms with Crippen molar-refractivity contribution in [3.63, 3.8) is 0 Å². The normalized spacial score (nSPS) is 22.0. The van der Waals surface area contributed by atoms with Crippen LogP contribution in [0.25, 0.3) is 0 Å². The Hall–Kier alpha value is -1.34. The maximum Gasteiger partial charge on any atom is 0.251 e. The van der Waals surface area contributed by atoms with Crippen molar-refractivity contribution in [3.05, 3.63) is 34.0 Å². The number of hydrogen-bond donors (Lipinski definition) is 2. The topological polar surface area (TPSA) is 75.6 Å². The number of alkyl halides is 1. The van der Waals surface area contributed by atoms with Crippen molar-refractivity contribution in [2.75, 3.05) is 5.33 Å². The molecule has 1 aliphatic heterocycles. The van der Waals surface area contributed by atoms with E-state index in [1.54, 1.807) is 19.1 Å². The minimum Gasteiger partial charge on any atom is -0.501 e. The molecule has 0 saturated heterocycles. The largest absolute Gasteiger partial charge is 0.501 e. The molecule has 7 heteroatoms. The Morgan fingerprint density at radius 3 is 2.95 bits per heavy atom. The molecule has 0 aromatic carbocycles. The molecule has 1 amide bonds. The molecule has 2 heterocycles. The molecule has 2 rings (SSSR count). The number of nitrogens with one attached hydrogen (secondary N) is 1. The van der Waals surface area contributed by atoms with Gasteiger partial charge in [-0.15, -0.1) is 11.3 Å². The minimum atomic E-state index is -1.27. The molecule has 5 nitrogen and oxygen atoms in total. The molecule has 0 spiro atoms. The average Bonchev–Trinajstić information content (AvgIpc) is 3.02. The van der Waals surface area contributed by atoms with Crippen molar-refractivity contribution < 1.29 is 19.4 Å². The van der Waals surface area contributed by atoms with E-state index in [-0.39, 0.29) is 18.2 Å². The summed E-state index contributed by atoms with van der Waals surface area (Å²) in [6.45, 7) is 1.58. The summed E-state index contributed by atoms with van der Waals surface area (Å²) in [6.07, 6.45) is 0.950. The third kappa shape index (κ3) is 2.73. The lowest BCUT2D eigenvalue weighted by Crippen LogP contribution is -2.31. The first kappa shape index (κ1) is 15.1. The third-order valence-corrected chi connectivity index (χ3v) is 4.58. The second-order valence-corrected chi connectivity index (χ2v) is 6.20. The second-order valence-electron chi connectivity index (χ2n) is 4.46. The van der Waals surface area contributed by atoms with E-state index in [1.807, 2.05) is 5.38 Å². The van der Waals surface area contributed by atoms with E-state index in [2.05, 4.69) is 21.2 Å². The molecule has 1 unspecified atom stereocenters. The van der Waals surface area contributed by atoms with E-state index in [0.717, 1.165) is 0 Å². The molecule has 0 saturated carbocycles. The summed E-state index contributed by atoms with van der Waals surface area (Å²) in [5.41, 5.74) is -1.27. The second kappa shape index (κ2) is 5.97. The number of ketones is 1. The van der Waals surface area contributed by atoms with Crippen LogP contribution in [0, 0.1) is 0 Å². The predicted molar refractivity (Wildman–Crippen MR) is 78.6 cm³/mol. The van der Waals surface area contributed by atoms with Crippen LogP contribution in [0.1, 0.15) is 24.6 Å². The number of halogens is 1. The van der Waals surface area contributed by atoms with E-state index in [1.165, 1.54) is 11.3 Å². The first-order valence-electron chi connectivity index (χ1n) is 6.06. The van der Waals surface area contributed by atoms with E-state index in [0.29, 0.717) is 16.6 Å². The Labute approximate surface area is 128 Å². The van der Waals surface area contributed by atoms with Crippen LogP contribution in [0.4, 0.5) is 0 Å². The van der Waals surface area contributed by atoms with Gasteiger partial charge < -0.3 is 9.84 Å². The van der Waals surface area contributed by atoms with Gasteiger partial charge in [0.2, 0.25) is 23.2 Å². The molecule has 2 N–H and O–H groups in total. The van der Waals surface area contributed by atoms with Gasteiger partial charge in [0.15, 0.2) is 0 Å². The zero-order valence-electron chi connectivity index (χ0n) is 10.8. The Balaban J connectivity index is 2.13. The standard InChI is InChI=1S/C13H14BrNO4S/c1-13(8-4-3-7-20-8)11(18)10(17)12(19-13)15-9(16)5-2-6-14/h3-4,7,17H,2,5-6H2,1H3,(H,15,16). The molecule has 0 radical (unpaired) electrons. The highest BCUT2D eigenvalue weighted by molar-refractivity contribution is 9.09. The molecule has 1 aromatic heterocycles. The van der Waals surface area contributed by atoms with Gasteiger partial charge in [-0.3, -0.25) is 14.9 Å². The number of Topliss-reactive ketones (excluding diaryl/α,β-unsaturated/α-hetero) is 1. The Kier molecular flexibility index (Phi) is 4.49. The predicted octanol–water partition coefficient (Wildman–Crippen LogP) is 2.58. The van der Waals surface area contributed by atoms with Crippen molar-refractivity contribution in [2.45, 2.75) is 25.4 Å². The number of aliphatic hydroxyl groups excluding tert-OH is 1. The molecule has 20 heavy (non-hydrogen) atoms. The summed E-state index contributed by atoms with van der Waals surface area (Å²) in [5.74, 6) is -1.54.